The number of hydrogen-bond acceptors (Lipinski definition) is 3. The molecule has 0 amide bonds. The molecular formula is C11H13ClIN3O. The molecule has 6 heteroatoms. The number of anilines is 1. The molecule has 1 N–H and O–H groups in total. The van der Waals surface area contributed by atoms with Gasteiger partial charge in [-0.3, -0.25) is 4.79 Å². The van der Waals surface area contributed by atoms with Crippen molar-refractivity contribution in [2.45, 2.75) is 43.1 Å². The van der Waals surface area contributed by atoms with E-state index in [0.29, 0.717) is 15.7 Å². The number of H-pyrrole nitrogens is 1. The molecule has 2 aliphatic rings. The van der Waals surface area contributed by atoms with Gasteiger partial charge in [-0.1, -0.05) is 0 Å². The van der Waals surface area contributed by atoms with Crippen LogP contribution in [0, 0.1) is 3.57 Å². The monoisotopic (exact) mass is 365 g/mol. The number of fused-ring (bicyclic) bond motifs is 2. The number of hydrogen-bond donors (Lipinski definition) is 1. The summed E-state index contributed by atoms with van der Waals surface area (Å²) in [4.78, 5) is 20.9. The van der Waals surface area contributed by atoms with E-state index in [2.05, 4.69) is 37.5 Å². The third-order valence-electron chi connectivity index (χ3n) is 3.70. The van der Waals surface area contributed by atoms with Crippen molar-refractivity contribution < 1.29 is 0 Å². The first-order valence-corrected chi connectivity index (χ1v) is 7.34. The highest BCUT2D eigenvalue weighted by Gasteiger charge is 2.41. The summed E-state index contributed by atoms with van der Waals surface area (Å²) < 4.78 is 0.690. The smallest absolute Gasteiger partial charge is 0.266 e. The Kier molecular flexibility index (Phi) is 3.06. The lowest BCUT2D eigenvalue weighted by atomic mass is 10.0. The highest BCUT2D eigenvalue weighted by atomic mass is 127. The molecule has 17 heavy (non-hydrogen) atoms. The predicted octanol–water partition coefficient (Wildman–Crippen LogP) is 2.11. The lowest BCUT2D eigenvalue weighted by molar-refractivity contribution is 0.469. The molecule has 2 atom stereocenters. The minimum atomic E-state index is -0.0528. The van der Waals surface area contributed by atoms with Crippen molar-refractivity contribution in [1.82, 2.24) is 9.97 Å². The third kappa shape index (κ3) is 1.97. The van der Waals surface area contributed by atoms with Gasteiger partial charge >= 0.3 is 0 Å². The SMILES string of the molecule is O=c1[nH]cnc(N2C3CCC2CC(Cl)C3)c1I. The van der Waals surface area contributed by atoms with E-state index >= 15 is 0 Å². The van der Waals surface area contributed by atoms with Gasteiger partial charge in [0.05, 0.1) is 6.33 Å². The van der Waals surface area contributed by atoms with Crippen LogP contribution in [0.25, 0.3) is 0 Å². The third-order valence-corrected chi connectivity index (χ3v) is 5.03. The van der Waals surface area contributed by atoms with Gasteiger partial charge in [0.1, 0.15) is 9.39 Å². The molecule has 3 rings (SSSR count). The first-order valence-electron chi connectivity index (χ1n) is 5.82. The molecule has 4 nitrogen and oxygen atoms in total. The summed E-state index contributed by atoms with van der Waals surface area (Å²) in [5.41, 5.74) is -0.0528. The minimum Gasteiger partial charge on any atom is -0.349 e. The molecule has 2 unspecified atom stereocenters. The number of aromatic nitrogens is 2. The van der Waals surface area contributed by atoms with Gasteiger partial charge in [0.2, 0.25) is 0 Å². The zero-order valence-corrected chi connectivity index (χ0v) is 12.1. The molecular weight excluding hydrogens is 352 g/mol. The van der Waals surface area contributed by atoms with E-state index in [1.54, 1.807) is 0 Å². The van der Waals surface area contributed by atoms with Gasteiger partial charge in [-0.2, -0.15) is 0 Å². The zero-order chi connectivity index (χ0) is 12.0. The van der Waals surface area contributed by atoms with Gasteiger partial charge in [-0.15, -0.1) is 11.6 Å². The number of piperidine rings is 1. The van der Waals surface area contributed by atoms with Crippen LogP contribution in [0.15, 0.2) is 11.1 Å². The summed E-state index contributed by atoms with van der Waals surface area (Å²) >= 11 is 8.33. The Morgan fingerprint density at radius 3 is 2.71 bits per heavy atom. The molecule has 0 aliphatic carbocycles. The van der Waals surface area contributed by atoms with E-state index < -0.39 is 0 Å². The Morgan fingerprint density at radius 1 is 1.41 bits per heavy atom. The van der Waals surface area contributed by atoms with Gasteiger partial charge in [0, 0.05) is 17.5 Å². The Balaban J connectivity index is 2.00. The molecule has 2 aliphatic heterocycles. The van der Waals surface area contributed by atoms with Crippen LogP contribution in [-0.4, -0.2) is 27.4 Å². The summed E-state index contributed by atoms with van der Waals surface area (Å²) in [5, 5.41) is 0.281. The Hall–Kier alpha value is -0.300. The van der Waals surface area contributed by atoms with Crippen LogP contribution in [-0.2, 0) is 0 Å². The summed E-state index contributed by atoms with van der Waals surface area (Å²) in [7, 11) is 0. The van der Waals surface area contributed by atoms with E-state index in [0.717, 1.165) is 18.7 Å². The Labute approximate surface area is 118 Å². The van der Waals surface area contributed by atoms with Crippen molar-refractivity contribution in [1.29, 1.82) is 0 Å². The summed E-state index contributed by atoms with van der Waals surface area (Å²) in [6, 6.07) is 0.915. The number of aromatic amines is 1. The molecule has 2 saturated heterocycles. The van der Waals surface area contributed by atoms with Gasteiger partial charge < -0.3 is 9.88 Å². The fourth-order valence-electron chi connectivity index (χ4n) is 3.01. The van der Waals surface area contributed by atoms with Gasteiger partial charge in [-0.05, 0) is 48.3 Å². The number of halogens is 2. The fraction of sp³-hybridized carbons (Fsp3) is 0.636. The van der Waals surface area contributed by atoms with Crippen LogP contribution in [0.5, 0.6) is 0 Å². The van der Waals surface area contributed by atoms with E-state index in [4.69, 9.17) is 11.6 Å². The van der Waals surface area contributed by atoms with Crippen LogP contribution in [0.1, 0.15) is 25.7 Å². The van der Waals surface area contributed by atoms with Crippen LogP contribution < -0.4 is 10.5 Å². The second-order valence-corrected chi connectivity index (χ2v) is 6.43. The fourth-order valence-corrected chi connectivity index (χ4v) is 3.99. The standard InChI is InChI=1S/C11H13ClIN3O/c12-6-3-7-1-2-8(4-6)16(7)10-9(13)11(17)15-5-14-10/h5-8H,1-4H2,(H,14,15,17). The van der Waals surface area contributed by atoms with Crippen molar-refractivity contribution in [2.24, 2.45) is 0 Å². The topological polar surface area (TPSA) is 49.0 Å². The zero-order valence-electron chi connectivity index (χ0n) is 9.20. The van der Waals surface area contributed by atoms with Gasteiger partial charge in [-0.25, -0.2) is 4.98 Å². The largest absolute Gasteiger partial charge is 0.349 e. The summed E-state index contributed by atoms with van der Waals surface area (Å²) in [6.45, 7) is 0. The second kappa shape index (κ2) is 4.42. The van der Waals surface area contributed by atoms with Crippen molar-refractivity contribution in [2.75, 3.05) is 4.90 Å². The lowest BCUT2D eigenvalue weighted by Gasteiger charge is -2.38. The molecule has 2 fully saturated rings. The van der Waals surface area contributed by atoms with Crippen LogP contribution in [0.2, 0.25) is 0 Å². The molecule has 92 valence electrons. The maximum atomic E-state index is 11.6. The van der Waals surface area contributed by atoms with Crippen LogP contribution >= 0.6 is 34.2 Å². The molecule has 1 aromatic heterocycles. The van der Waals surface area contributed by atoms with E-state index in [1.165, 1.54) is 19.2 Å². The van der Waals surface area contributed by atoms with E-state index in [-0.39, 0.29) is 10.9 Å². The number of nitrogens with zero attached hydrogens (tertiary/aromatic N) is 2. The normalized spacial score (nSPS) is 31.9. The maximum absolute atomic E-state index is 11.6. The highest BCUT2D eigenvalue weighted by molar-refractivity contribution is 14.1. The predicted molar refractivity (Wildman–Crippen MR) is 75.7 cm³/mol. The summed E-state index contributed by atoms with van der Waals surface area (Å²) in [6.07, 6.45) is 5.83. The van der Waals surface area contributed by atoms with Gasteiger partial charge in [0.25, 0.3) is 5.56 Å². The number of rotatable bonds is 1. The highest BCUT2D eigenvalue weighted by Crippen LogP contribution is 2.40. The second-order valence-electron chi connectivity index (χ2n) is 4.73. The lowest BCUT2D eigenvalue weighted by Crippen LogP contribution is -2.45. The molecule has 0 spiro atoms. The molecule has 0 aromatic carbocycles. The molecule has 3 heterocycles. The van der Waals surface area contributed by atoms with Crippen molar-refractivity contribution in [3.63, 3.8) is 0 Å². The number of nitrogens with one attached hydrogen (secondary N) is 1. The average molecular weight is 366 g/mol. The Bertz CT molecular complexity index is 478. The Morgan fingerprint density at radius 2 is 2.06 bits per heavy atom. The van der Waals surface area contributed by atoms with Crippen molar-refractivity contribution in [3.05, 3.63) is 20.3 Å². The molecule has 0 saturated carbocycles. The van der Waals surface area contributed by atoms with Gasteiger partial charge in [0.15, 0.2) is 0 Å². The van der Waals surface area contributed by atoms with Crippen LogP contribution in [0.4, 0.5) is 5.82 Å². The van der Waals surface area contributed by atoms with E-state index in [1.807, 2.05) is 0 Å². The average Bonchev–Trinajstić information content (AvgIpc) is 2.55. The first kappa shape index (κ1) is 11.8. The minimum absolute atomic E-state index is 0.0528. The molecule has 0 radical (unpaired) electrons. The number of alkyl halides is 1. The van der Waals surface area contributed by atoms with Crippen LogP contribution in [0.3, 0.4) is 0 Å². The van der Waals surface area contributed by atoms with E-state index in [9.17, 15) is 4.79 Å². The van der Waals surface area contributed by atoms with Crippen molar-refractivity contribution >= 4 is 40.0 Å². The quantitative estimate of drug-likeness (QED) is 0.612. The maximum Gasteiger partial charge on any atom is 0.266 e. The van der Waals surface area contributed by atoms with Crippen molar-refractivity contribution in [3.8, 4) is 0 Å². The summed E-state index contributed by atoms with van der Waals surface area (Å²) in [5.74, 6) is 0.838. The molecule has 2 bridgehead atoms. The first-order chi connectivity index (χ1) is 8.16. The molecule has 1 aromatic rings.